The Kier molecular flexibility index (Phi) is 5.35. The van der Waals surface area contributed by atoms with Crippen molar-refractivity contribution >= 4 is 5.91 Å². The minimum absolute atomic E-state index is 0.0602. The van der Waals surface area contributed by atoms with Gasteiger partial charge < -0.3 is 14.7 Å². The van der Waals surface area contributed by atoms with Crippen LogP contribution in [0.1, 0.15) is 25.7 Å². The van der Waals surface area contributed by atoms with E-state index in [0.29, 0.717) is 13.0 Å². The average Bonchev–Trinajstić information content (AvgIpc) is 2.40. The van der Waals surface area contributed by atoms with Gasteiger partial charge in [0.15, 0.2) is 18.2 Å². The van der Waals surface area contributed by atoms with Crippen LogP contribution in [-0.4, -0.2) is 41.7 Å². The van der Waals surface area contributed by atoms with E-state index < -0.39 is 5.82 Å². The van der Waals surface area contributed by atoms with E-state index in [-0.39, 0.29) is 30.9 Å². The zero-order valence-corrected chi connectivity index (χ0v) is 11.4. The first-order chi connectivity index (χ1) is 9.72. The summed E-state index contributed by atoms with van der Waals surface area (Å²) in [7, 11) is 0. The summed E-state index contributed by atoms with van der Waals surface area (Å²) in [4.78, 5) is 13.9. The largest absolute Gasteiger partial charge is 0.481 e. The summed E-state index contributed by atoms with van der Waals surface area (Å²) >= 11 is 0. The fourth-order valence-corrected chi connectivity index (χ4v) is 2.23. The molecular formula is C15H20FNO3. The molecule has 0 saturated heterocycles. The van der Waals surface area contributed by atoms with Gasteiger partial charge in [-0.15, -0.1) is 0 Å². The van der Waals surface area contributed by atoms with Crippen LogP contribution in [0.3, 0.4) is 0 Å². The van der Waals surface area contributed by atoms with E-state index in [1.807, 2.05) is 0 Å². The van der Waals surface area contributed by atoms with Gasteiger partial charge in [0.2, 0.25) is 0 Å². The first kappa shape index (κ1) is 14.8. The Hall–Kier alpha value is -1.62. The van der Waals surface area contributed by atoms with Gasteiger partial charge in [-0.3, -0.25) is 4.79 Å². The maximum absolute atomic E-state index is 13.4. The number of aliphatic hydroxyl groups is 1. The predicted octanol–water partition coefficient (Wildman–Crippen LogP) is 1.97. The summed E-state index contributed by atoms with van der Waals surface area (Å²) < 4.78 is 18.6. The number of aliphatic hydroxyl groups excluding tert-OH is 1. The third kappa shape index (κ3) is 3.70. The maximum atomic E-state index is 13.4. The number of hydrogen-bond acceptors (Lipinski definition) is 3. The Labute approximate surface area is 118 Å². The lowest BCUT2D eigenvalue weighted by Crippen LogP contribution is -2.46. The molecule has 1 fully saturated rings. The molecule has 0 atom stereocenters. The lowest BCUT2D eigenvalue weighted by atomic mass is 9.91. The van der Waals surface area contributed by atoms with E-state index in [0.717, 1.165) is 19.3 Å². The number of para-hydroxylation sites is 1. The van der Waals surface area contributed by atoms with Crippen molar-refractivity contribution in [1.29, 1.82) is 0 Å². The second-order valence-electron chi connectivity index (χ2n) is 4.97. The van der Waals surface area contributed by atoms with Crippen LogP contribution in [0.5, 0.6) is 5.75 Å². The molecule has 20 heavy (non-hydrogen) atoms. The number of hydrogen-bond donors (Lipinski definition) is 1. The molecule has 1 aliphatic rings. The van der Waals surface area contributed by atoms with E-state index in [4.69, 9.17) is 9.84 Å². The Balaban J connectivity index is 1.89. The molecule has 0 aliphatic heterocycles. The van der Waals surface area contributed by atoms with Gasteiger partial charge in [0.1, 0.15) is 0 Å². The lowest BCUT2D eigenvalue weighted by molar-refractivity contribution is -0.137. The van der Waals surface area contributed by atoms with Gasteiger partial charge >= 0.3 is 0 Å². The molecule has 0 aromatic heterocycles. The molecule has 0 bridgehead atoms. The standard InChI is InChI=1S/C15H20FNO3/c16-13-7-1-2-8-14(13)20-11-15(19)17(9-4-10-18)12-5-3-6-12/h1-2,7-8,12,18H,3-6,9-11H2. The number of carbonyl (C=O) groups excluding carboxylic acids is 1. The molecule has 1 saturated carbocycles. The number of rotatable bonds is 7. The molecule has 2 rings (SSSR count). The molecule has 0 unspecified atom stereocenters. The van der Waals surface area contributed by atoms with Crippen LogP contribution in [0, 0.1) is 5.82 Å². The summed E-state index contributed by atoms with van der Waals surface area (Å²) in [5, 5.41) is 8.89. The first-order valence-electron chi connectivity index (χ1n) is 7.00. The molecule has 4 nitrogen and oxygen atoms in total. The second kappa shape index (κ2) is 7.24. The highest BCUT2D eigenvalue weighted by Gasteiger charge is 2.28. The van der Waals surface area contributed by atoms with E-state index in [1.54, 1.807) is 17.0 Å². The molecule has 1 N–H and O–H groups in total. The van der Waals surface area contributed by atoms with Crippen LogP contribution >= 0.6 is 0 Å². The third-order valence-corrected chi connectivity index (χ3v) is 3.58. The van der Waals surface area contributed by atoms with Gasteiger partial charge in [-0.2, -0.15) is 0 Å². The molecule has 110 valence electrons. The fraction of sp³-hybridized carbons (Fsp3) is 0.533. The molecule has 0 heterocycles. The van der Waals surface area contributed by atoms with E-state index in [9.17, 15) is 9.18 Å². The van der Waals surface area contributed by atoms with Crippen molar-refractivity contribution in [1.82, 2.24) is 4.90 Å². The summed E-state index contributed by atoms with van der Waals surface area (Å²) in [5.41, 5.74) is 0. The molecule has 1 aromatic rings. The van der Waals surface area contributed by atoms with Crippen molar-refractivity contribution in [2.75, 3.05) is 19.8 Å². The molecule has 1 aliphatic carbocycles. The normalized spacial score (nSPS) is 14.7. The number of ether oxygens (including phenoxy) is 1. The van der Waals surface area contributed by atoms with Gasteiger partial charge in [-0.25, -0.2) is 4.39 Å². The van der Waals surface area contributed by atoms with E-state index in [2.05, 4.69) is 0 Å². The number of benzene rings is 1. The number of nitrogens with zero attached hydrogens (tertiary/aromatic N) is 1. The average molecular weight is 281 g/mol. The number of amides is 1. The van der Waals surface area contributed by atoms with Crippen molar-refractivity contribution in [2.45, 2.75) is 31.7 Å². The SMILES string of the molecule is O=C(COc1ccccc1F)N(CCCO)C1CCC1. The van der Waals surface area contributed by atoms with Crippen LogP contribution in [-0.2, 0) is 4.79 Å². The highest BCUT2D eigenvalue weighted by atomic mass is 19.1. The molecule has 0 spiro atoms. The monoisotopic (exact) mass is 281 g/mol. The van der Waals surface area contributed by atoms with Crippen LogP contribution in [0.2, 0.25) is 0 Å². The van der Waals surface area contributed by atoms with Crippen molar-refractivity contribution < 1.29 is 19.0 Å². The molecular weight excluding hydrogens is 261 g/mol. The van der Waals surface area contributed by atoms with Crippen molar-refractivity contribution in [3.8, 4) is 5.75 Å². The van der Waals surface area contributed by atoms with Gasteiger partial charge in [-0.05, 0) is 37.8 Å². The highest BCUT2D eigenvalue weighted by Crippen LogP contribution is 2.25. The van der Waals surface area contributed by atoms with E-state index >= 15 is 0 Å². The van der Waals surface area contributed by atoms with Crippen LogP contribution in [0.25, 0.3) is 0 Å². The Morgan fingerprint density at radius 2 is 2.15 bits per heavy atom. The Morgan fingerprint density at radius 1 is 1.40 bits per heavy atom. The zero-order chi connectivity index (χ0) is 14.4. The molecule has 1 aromatic carbocycles. The topological polar surface area (TPSA) is 49.8 Å². The first-order valence-corrected chi connectivity index (χ1v) is 7.00. The lowest BCUT2D eigenvalue weighted by Gasteiger charge is -2.37. The smallest absolute Gasteiger partial charge is 0.260 e. The zero-order valence-electron chi connectivity index (χ0n) is 11.4. The highest BCUT2D eigenvalue weighted by molar-refractivity contribution is 5.78. The minimum atomic E-state index is -0.467. The number of carbonyl (C=O) groups is 1. The van der Waals surface area contributed by atoms with Gasteiger partial charge in [0.25, 0.3) is 5.91 Å². The molecule has 0 radical (unpaired) electrons. The summed E-state index contributed by atoms with van der Waals surface area (Å²) in [6, 6.07) is 6.29. The number of halogens is 1. The third-order valence-electron chi connectivity index (χ3n) is 3.58. The molecule has 1 amide bonds. The minimum Gasteiger partial charge on any atom is -0.481 e. The van der Waals surface area contributed by atoms with Crippen molar-refractivity contribution in [3.05, 3.63) is 30.1 Å². The molecule has 5 heteroatoms. The quantitative estimate of drug-likeness (QED) is 0.831. The van der Waals surface area contributed by atoms with Crippen LogP contribution in [0.15, 0.2) is 24.3 Å². The van der Waals surface area contributed by atoms with Crippen molar-refractivity contribution in [2.24, 2.45) is 0 Å². The predicted molar refractivity (Wildman–Crippen MR) is 72.9 cm³/mol. The summed E-state index contributed by atoms with van der Waals surface area (Å²) in [5.74, 6) is -0.520. The summed E-state index contributed by atoms with van der Waals surface area (Å²) in [6.07, 6.45) is 3.68. The van der Waals surface area contributed by atoms with Crippen molar-refractivity contribution in [3.63, 3.8) is 0 Å². The fourth-order valence-electron chi connectivity index (χ4n) is 2.23. The Bertz CT molecular complexity index is 448. The van der Waals surface area contributed by atoms with Gasteiger partial charge in [0.05, 0.1) is 0 Å². The van der Waals surface area contributed by atoms with Crippen LogP contribution < -0.4 is 4.74 Å². The maximum Gasteiger partial charge on any atom is 0.260 e. The Morgan fingerprint density at radius 3 is 2.75 bits per heavy atom. The van der Waals surface area contributed by atoms with Gasteiger partial charge in [-0.1, -0.05) is 12.1 Å². The summed E-state index contributed by atoms with van der Waals surface area (Å²) in [6.45, 7) is 0.425. The van der Waals surface area contributed by atoms with E-state index in [1.165, 1.54) is 12.1 Å². The van der Waals surface area contributed by atoms with Gasteiger partial charge in [0, 0.05) is 19.2 Å². The second-order valence-corrected chi connectivity index (χ2v) is 4.97. The van der Waals surface area contributed by atoms with Crippen LogP contribution in [0.4, 0.5) is 4.39 Å².